The molecule has 1 unspecified atom stereocenters. The van der Waals surface area contributed by atoms with Gasteiger partial charge in [0.25, 0.3) is 0 Å². The van der Waals surface area contributed by atoms with E-state index in [1.54, 1.807) is 17.0 Å². The first-order chi connectivity index (χ1) is 10.9. The van der Waals surface area contributed by atoms with Crippen molar-refractivity contribution in [1.29, 1.82) is 0 Å². The molecule has 0 spiro atoms. The van der Waals surface area contributed by atoms with Crippen LogP contribution in [0.1, 0.15) is 25.8 Å². The monoisotopic (exact) mass is 402 g/mol. The van der Waals surface area contributed by atoms with Gasteiger partial charge in [0.05, 0.1) is 5.75 Å². The van der Waals surface area contributed by atoms with Crippen molar-refractivity contribution in [2.45, 2.75) is 38.1 Å². The summed E-state index contributed by atoms with van der Waals surface area (Å²) in [6, 6.07) is 4.62. The van der Waals surface area contributed by atoms with E-state index in [9.17, 15) is 14.0 Å². The van der Waals surface area contributed by atoms with Gasteiger partial charge in [-0.15, -0.1) is 11.8 Å². The zero-order chi connectivity index (χ0) is 17.0. The smallest absolute Gasteiger partial charge is 0.245 e. The first kappa shape index (κ1) is 18.3. The van der Waals surface area contributed by atoms with Crippen molar-refractivity contribution in [3.8, 4) is 0 Å². The second-order valence-electron chi connectivity index (χ2n) is 5.76. The second-order valence-corrected chi connectivity index (χ2v) is 7.66. The van der Waals surface area contributed by atoms with E-state index in [-0.39, 0.29) is 29.4 Å². The highest BCUT2D eigenvalue weighted by Gasteiger charge is 2.33. The SMILES string of the molecule is CC(C)N1CCC(NC(=O)CSCc2ccc(Br)cc2F)C1=O. The van der Waals surface area contributed by atoms with Gasteiger partial charge in [-0.2, -0.15) is 0 Å². The summed E-state index contributed by atoms with van der Waals surface area (Å²) in [5.74, 6) is 0.143. The summed E-state index contributed by atoms with van der Waals surface area (Å²) in [5, 5.41) is 2.77. The maximum atomic E-state index is 13.7. The Labute approximate surface area is 148 Å². The quantitative estimate of drug-likeness (QED) is 0.795. The lowest BCUT2D eigenvalue weighted by Crippen LogP contribution is -2.43. The third kappa shape index (κ3) is 4.94. The fraction of sp³-hybridized carbons (Fsp3) is 0.500. The summed E-state index contributed by atoms with van der Waals surface area (Å²) in [4.78, 5) is 25.8. The Morgan fingerprint density at radius 1 is 1.52 bits per heavy atom. The molecule has 2 amide bonds. The van der Waals surface area contributed by atoms with Crippen LogP contribution >= 0.6 is 27.7 Å². The number of halogens is 2. The Kier molecular flexibility index (Phi) is 6.47. The first-order valence-electron chi connectivity index (χ1n) is 7.50. The van der Waals surface area contributed by atoms with E-state index in [2.05, 4.69) is 21.2 Å². The summed E-state index contributed by atoms with van der Waals surface area (Å²) in [6.07, 6.45) is 0.648. The van der Waals surface area contributed by atoms with Crippen molar-refractivity contribution in [2.75, 3.05) is 12.3 Å². The van der Waals surface area contributed by atoms with Gasteiger partial charge in [-0.3, -0.25) is 9.59 Å². The molecule has 1 aromatic rings. The van der Waals surface area contributed by atoms with E-state index in [0.29, 0.717) is 28.8 Å². The van der Waals surface area contributed by atoms with E-state index >= 15 is 0 Å². The number of nitrogens with one attached hydrogen (secondary N) is 1. The van der Waals surface area contributed by atoms with E-state index in [0.717, 1.165) is 0 Å². The standard InChI is InChI=1S/C16H20BrFN2O2S/c1-10(2)20-6-5-14(16(20)22)19-15(21)9-23-8-11-3-4-12(17)7-13(11)18/h3-4,7,10,14H,5-6,8-9H2,1-2H3,(H,19,21). The van der Waals surface area contributed by atoms with E-state index in [1.807, 2.05) is 13.8 Å². The highest BCUT2D eigenvalue weighted by atomic mass is 79.9. The minimum Gasteiger partial charge on any atom is -0.344 e. The average molecular weight is 403 g/mol. The number of amides is 2. The zero-order valence-electron chi connectivity index (χ0n) is 13.1. The largest absolute Gasteiger partial charge is 0.344 e. The number of rotatable bonds is 6. The Balaban J connectivity index is 1.76. The molecule has 2 rings (SSSR count). The second kappa shape index (κ2) is 8.15. The lowest BCUT2D eigenvalue weighted by Gasteiger charge is -2.21. The molecular weight excluding hydrogens is 383 g/mol. The van der Waals surface area contributed by atoms with Gasteiger partial charge >= 0.3 is 0 Å². The Hall–Kier alpha value is -1.08. The van der Waals surface area contributed by atoms with Crippen LogP contribution in [0.15, 0.2) is 22.7 Å². The normalized spacial score (nSPS) is 17.9. The van der Waals surface area contributed by atoms with Crippen LogP contribution in [0.2, 0.25) is 0 Å². The molecule has 1 N–H and O–H groups in total. The Morgan fingerprint density at radius 2 is 2.26 bits per heavy atom. The highest BCUT2D eigenvalue weighted by Crippen LogP contribution is 2.20. The van der Waals surface area contributed by atoms with Gasteiger partial charge in [0.1, 0.15) is 11.9 Å². The molecule has 1 saturated heterocycles. The molecule has 1 atom stereocenters. The predicted octanol–water partition coefficient (Wildman–Crippen LogP) is 2.95. The van der Waals surface area contributed by atoms with Gasteiger partial charge in [0.2, 0.25) is 11.8 Å². The molecular formula is C16H20BrFN2O2S. The molecule has 1 aliphatic rings. The molecule has 1 aromatic carbocycles. The molecule has 1 aliphatic heterocycles. The molecule has 1 heterocycles. The number of thioether (sulfide) groups is 1. The minimum atomic E-state index is -0.421. The van der Waals surface area contributed by atoms with Crippen molar-refractivity contribution in [3.05, 3.63) is 34.1 Å². The fourth-order valence-electron chi connectivity index (χ4n) is 2.48. The third-order valence-electron chi connectivity index (χ3n) is 3.70. The van der Waals surface area contributed by atoms with Crippen molar-refractivity contribution >= 4 is 39.5 Å². The average Bonchev–Trinajstić information content (AvgIpc) is 2.82. The molecule has 0 radical (unpaired) electrons. The van der Waals surface area contributed by atoms with Gasteiger partial charge in [0.15, 0.2) is 0 Å². The van der Waals surface area contributed by atoms with Gasteiger partial charge in [-0.1, -0.05) is 22.0 Å². The van der Waals surface area contributed by atoms with Crippen molar-refractivity contribution < 1.29 is 14.0 Å². The van der Waals surface area contributed by atoms with Crippen LogP contribution in [0.3, 0.4) is 0 Å². The summed E-state index contributed by atoms with van der Waals surface area (Å²) >= 11 is 4.54. The fourth-order valence-corrected chi connectivity index (χ4v) is 3.63. The lowest BCUT2D eigenvalue weighted by atomic mass is 10.2. The molecule has 0 saturated carbocycles. The topological polar surface area (TPSA) is 49.4 Å². The number of carbonyl (C=O) groups excluding carboxylic acids is 2. The van der Waals surface area contributed by atoms with Crippen molar-refractivity contribution in [2.24, 2.45) is 0 Å². The Morgan fingerprint density at radius 3 is 2.87 bits per heavy atom. The number of carbonyl (C=O) groups is 2. The van der Waals surface area contributed by atoms with Crippen LogP contribution in [-0.2, 0) is 15.3 Å². The van der Waals surface area contributed by atoms with E-state index in [4.69, 9.17) is 0 Å². The number of likely N-dealkylation sites (tertiary alicyclic amines) is 1. The Bertz CT molecular complexity index is 597. The number of nitrogens with zero attached hydrogens (tertiary/aromatic N) is 1. The van der Waals surface area contributed by atoms with Gasteiger partial charge in [-0.05, 0) is 38.0 Å². The van der Waals surface area contributed by atoms with E-state index < -0.39 is 6.04 Å². The molecule has 7 heteroatoms. The van der Waals surface area contributed by atoms with Gasteiger partial charge < -0.3 is 10.2 Å². The van der Waals surface area contributed by atoms with Gasteiger partial charge in [-0.25, -0.2) is 4.39 Å². The molecule has 1 fully saturated rings. The summed E-state index contributed by atoms with van der Waals surface area (Å²) < 4.78 is 14.4. The first-order valence-corrected chi connectivity index (χ1v) is 9.44. The number of hydrogen-bond acceptors (Lipinski definition) is 3. The third-order valence-corrected chi connectivity index (χ3v) is 5.18. The lowest BCUT2D eigenvalue weighted by molar-refractivity contribution is -0.133. The van der Waals surface area contributed by atoms with Crippen LogP contribution in [0, 0.1) is 5.82 Å². The van der Waals surface area contributed by atoms with Crippen LogP contribution in [0.25, 0.3) is 0 Å². The van der Waals surface area contributed by atoms with Crippen LogP contribution in [0.5, 0.6) is 0 Å². The summed E-state index contributed by atoms with van der Waals surface area (Å²) in [5.41, 5.74) is 0.564. The van der Waals surface area contributed by atoms with Crippen LogP contribution in [-0.4, -0.2) is 41.1 Å². The maximum absolute atomic E-state index is 13.7. The van der Waals surface area contributed by atoms with Crippen molar-refractivity contribution in [1.82, 2.24) is 10.2 Å². The van der Waals surface area contributed by atoms with Gasteiger partial charge in [0, 0.05) is 22.8 Å². The molecule has 126 valence electrons. The highest BCUT2D eigenvalue weighted by molar-refractivity contribution is 9.10. The maximum Gasteiger partial charge on any atom is 0.245 e. The molecule has 23 heavy (non-hydrogen) atoms. The van der Waals surface area contributed by atoms with Crippen LogP contribution < -0.4 is 5.32 Å². The number of benzene rings is 1. The molecule has 0 aromatic heterocycles. The molecule has 4 nitrogen and oxygen atoms in total. The van der Waals surface area contributed by atoms with Crippen LogP contribution in [0.4, 0.5) is 4.39 Å². The molecule has 0 bridgehead atoms. The summed E-state index contributed by atoms with van der Waals surface area (Å²) in [6.45, 7) is 4.61. The van der Waals surface area contributed by atoms with Crippen molar-refractivity contribution in [3.63, 3.8) is 0 Å². The zero-order valence-corrected chi connectivity index (χ0v) is 15.5. The van der Waals surface area contributed by atoms with E-state index in [1.165, 1.54) is 17.8 Å². The number of hydrogen-bond donors (Lipinski definition) is 1. The molecule has 0 aliphatic carbocycles. The summed E-state index contributed by atoms with van der Waals surface area (Å²) in [7, 11) is 0. The minimum absolute atomic E-state index is 0.0164. The predicted molar refractivity (Wildman–Crippen MR) is 93.7 cm³/mol.